The van der Waals surface area contributed by atoms with E-state index in [-0.39, 0.29) is 22.4 Å². The number of hydrogen-bond donors (Lipinski definition) is 1. The molecular weight excluding hydrogens is 462 g/mol. The van der Waals surface area contributed by atoms with E-state index < -0.39 is 18.5 Å². The summed E-state index contributed by atoms with van der Waals surface area (Å²) in [5.74, 6) is -1.05. The highest BCUT2D eigenvalue weighted by atomic mass is 79.9. The first-order chi connectivity index (χ1) is 13.9. The number of carbonyl (C=O) groups excluding carboxylic acids is 2. The van der Waals surface area contributed by atoms with Crippen LogP contribution in [0.15, 0.2) is 51.8 Å². The van der Waals surface area contributed by atoms with Crippen molar-refractivity contribution in [1.29, 1.82) is 0 Å². The molecule has 0 bridgehead atoms. The van der Waals surface area contributed by atoms with Gasteiger partial charge in [-0.25, -0.2) is 4.79 Å². The van der Waals surface area contributed by atoms with Crippen LogP contribution in [0, 0.1) is 0 Å². The van der Waals surface area contributed by atoms with E-state index in [1.54, 1.807) is 18.2 Å². The van der Waals surface area contributed by atoms with E-state index in [0.29, 0.717) is 11.3 Å². The van der Waals surface area contributed by atoms with Crippen LogP contribution in [0.4, 0.5) is 4.79 Å². The van der Waals surface area contributed by atoms with Gasteiger partial charge in [0.25, 0.3) is 11.1 Å². The Hall–Kier alpha value is -2.78. The lowest BCUT2D eigenvalue weighted by Crippen LogP contribution is -2.27. The molecule has 1 saturated heterocycles. The number of benzene rings is 2. The third-order valence-electron chi connectivity index (χ3n) is 4.02. The van der Waals surface area contributed by atoms with Gasteiger partial charge in [-0.05, 0) is 35.5 Å². The zero-order valence-corrected chi connectivity index (χ0v) is 17.7. The van der Waals surface area contributed by atoms with E-state index in [0.717, 1.165) is 26.7 Å². The van der Waals surface area contributed by atoms with E-state index in [1.165, 1.54) is 13.2 Å². The SMILES string of the molecule is COc1cccc(/C=C2\SC(=O)N(Cc3ccccc3Br)C2=O)c1OCC(=O)O. The summed E-state index contributed by atoms with van der Waals surface area (Å²) in [4.78, 5) is 37.5. The molecule has 2 aromatic carbocycles. The molecule has 1 aliphatic rings. The number of imide groups is 1. The number of aliphatic carboxylic acids is 1. The van der Waals surface area contributed by atoms with Gasteiger partial charge in [-0.2, -0.15) is 0 Å². The summed E-state index contributed by atoms with van der Waals surface area (Å²) in [6, 6.07) is 12.3. The number of carboxylic acids is 1. The summed E-state index contributed by atoms with van der Waals surface area (Å²) in [5, 5.41) is 8.51. The molecule has 2 amide bonds. The molecule has 2 aromatic rings. The fourth-order valence-corrected chi connectivity index (χ4v) is 3.91. The predicted octanol–water partition coefficient (Wildman–Crippen LogP) is 4.16. The predicted molar refractivity (Wildman–Crippen MR) is 112 cm³/mol. The van der Waals surface area contributed by atoms with Crippen molar-refractivity contribution >= 4 is 50.9 Å². The monoisotopic (exact) mass is 477 g/mol. The lowest BCUT2D eigenvalue weighted by molar-refractivity contribution is -0.139. The minimum Gasteiger partial charge on any atom is -0.493 e. The largest absolute Gasteiger partial charge is 0.493 e. The Morgan fingerprint density at radius 2 is 1.97 bits per heavy atom. The van der Waals surface area contributed by atoms with Crippen LogP contribution in [0.25, 0.3) is 6.08 Å². The molecule has 0 aliphatic carbocycles. The minimum atomic E-state index is -1.14. The van der Waals surface area contributed by atoms with Crippen LogP contribution in [-0.2, 0) is 16.1 Å². The average molecular weight is 478 g/mol. The number of carboxylic acid groups (broad SMARTS) is 1. The minimum absolute atomic E-state index is 0.143. The van der Waals surface area contributed by atoms with Crippen LogP contribution in [-0.4, -0.2) is 40.8 Å². The Labute approximate surface area is 179 Å². The number of para-hydroxylation sites is 1. The second-order valence-electron chi connectivity index (χ2n) is 5.92. The summed E-state index contributed by atoms with van der Waals surface area (Å²) in [5.41, 5.74) is 1.25. The number of hydrogen-bond acceptors (Lipinski definition) is 6. The number of rotatable bonds is 7. The van der Waals surface area contributed by atoms with Crippen LogP contribution in [0.2, 0.25) is 0 Å². The van der Waals surface area contributed by atoms with Gasteiger partial charge in [-0.1, -0.05) is 46.3 Å². The zero-order chi connectivity index (χ0) is 21.0. The van der Waals surface area contributed by atoms with Crippen LogP contribution < -0.4 is 9.47 Å². The van der Waals surface area contributed by atoms with Gasteiger partial charge in [0.15, 0.2) is 18.1 Å². The molecule has 1 fully saturated rings. The van der Waals surface area contributed by atoms with Crippen molar-refractivity contribution in [1.82, 2.24) is 4.90 Å². The Kier molecular flexibility index (Phi) is 6.60. The van der Waals surface area contributed by atoms with Gasteiger partial charge in [0.1, 0.15) is 0 Å². The van der Waals surface area contributed by atoms with E-state index in [1.807, 2.05) is 24.3 Å². The topological polar surface area (TPSA) is 93.1 Å². The van der Waals surface area contributed by atoms with Gasteiger partial charge in [-0.3, -0.25) is 14.5 Å². The molecule has 1 aliphatic heterocycles. The number of halogens is 1. The van der Waals surface area contributed by atoms with Crippen molar-refractivity contribution in [3.05, 3.63) is 63.0 Å². The molecule has 0 radical (unpaired) electrons. The van der Waals surface area contributed by atoms with Crippen molar-refractivity contribution in [3.8, 4) is 11.5 Å². The zero-order valence-electron chi connectivity index (χ0n) is 15.3. The van der Waals surface area contributed by atoms with Crippen LogP contribution in [0.1, 0.15) is 11.1 Å². The molecule has 9 heteroatoms. The van der Waals surface area contributed by atoms with Gasteiger partial charge in [-0.15, -0.1) is 0 Å². The maximum Gasteiger partial charge on any atom is 0.341 e. The Balaban J connectivity index is 1.89. The van der Waals surface area contributed by atoms with Crippen molar-refractivity contribution in [3.63, 3.8) is 0 Å². The number of nitrogens with zero attached hydrogens (tertiary/aromatic N) is 1. The van der Waals surface area contributed by atoms with Gasteiger partial charge in [0.05, 0.1) is 18.6 Å². The molecule has 0 atom stereocenters. The van der Waals surface area contributed by atoms with E-state index >= 15 is 0 Å². The number of methoxy groups -OCH3 is 1. The molecule has 0 spiro atoms. The van der Waals surface area contributed by atoms with Crippen molar-refractivity contribution in [2.45, 2.75) is 6.54 Å². The molecule has 3 rings (SSSR count). The molecule has 0 unspecified atom stereocenters. The highest BCUT2D eigenvalue weighted by molar-refractivity contribution is 9.10. The summed E-state index contributed by atoms with van der Waals surface area (Å²) in [6.45, 7) is -0.422. The van der Waals surface area contributed by atoms with Gasteiger partial charge in [0.2, 0.25) is 0 Å². The molecule has 7 nitrogen and oxygen atoms in total. The van der Waals surface area contributed by atoms with E-state index in [2.05, 4.69) is 15.9 Å². The number of ether oxygens (including phenoxy) is 2. The first-order valence-electron chi connectivity index (χ1n) is 8.41. The fraction of sp³-hybridized carbons (Fsp3) is 0.150. The fourth-order valence-electron chi connectivity index (χ4n) is 2.67. The van der Waals surface area contributed by atoms with Crippen molar-refractivity contribution in [2.24, 2.45) is 0 Å². The number of thioether (sulfide) groups is 1. The second-order valence-corrected chi connectivity index (χ2v) is 7.77. The van der Waals surface area contributed by atoms with Gasteiger partial charge < -0.3 is 14.6 Å². The Morgan fingerprint density at radius 1 is 1.21 bits per heavy atom. The van der Waals surface area contributed by atoms with Crippen molar-refractivity contribution < 1.29 is 29.0 Å². The summed E-state index contributed by atoms with van der Waals surface area (Å²) < 4.78 is 11.4. The maximum absolute atomic E-state index is 12.8. The smallest absolute Gasteiger partial charge is 0.341 e. The molecule has 0 saturated carbocycles. The normalized spacial score (nSPS) is 15.1. The van der Waals surface area contributed by atoms with Crippen LogP contribution in [0.5, 0.6) is 11.5 Å². The Bertz CT molecular complexity index is 1010. The van der Waals surface area contributed by atoms with Crippen molar-refractivity contribution in [2.75, 3.05) is 13.7 Å². The summed E-state index contributed by atoms with van der Waals surface area (Å²) in [6.07, 6.45) is 1.50. The molecule has 150 valence electrons. The second kappa shape index (κ2) is 9.15. The highest BCUT2D eigenvalue weighted by Crippen LogP contribution is 2.38. The molecule has 1 N–H and O–H groups in total. The quantitative estimate of drug-likeness (QED) is 0.598. The maximum atomic E-state index is 12.8. The van der Waals surface area contributed by atoms with E-state index in [9.17, 15) is 14.4 Å². The number of carbonyl (C=O) groups is 3. The first kappa shape index (κ1) is 20.9. The van der Waals surface area contributed by atoms with Crippen LogP contribution >= 0.6 is 27.7 Å². The summed E-state index contributed by atoms with van der Waals surface area (Å²) in [7, 11) is 1.43. The van der Waals surface area contributed by atoms with E-state index in [4.69, 9.17) is 14.6 Å². The standard InChI is InChI=1S/C20H16BrNO6S/c1-27-15-8-4-6-12(18(15)28-11-17(23)24)9-16-19(25)22(20(26)29-16)10-13-5-2-3-7-14(13)21/h2-9H,10-11H2,1H3,(H,23,24)/b16-9-. The lowest BCUT2D eigenvalue weighted by atomic mass is 10.1. The van der Waals surface area contributed by atoms with Gasteiger partial charge >= 0.3 is 5.97 Å². The summed E-state index contributed by atoms with van der Waals surface area (Å²) >= 11 is 4.24. The number of amides is 2. The average Bonchev–Trinajstić information content (AvgIpc) is 2.95. The molecule has 0 aromatic heterocycles. The third-order valence-corrected chi connectivity index (χ3v) is 5.70. The first-order valence-corrected chi connectivity index (χ1v) is 10.0. The van der Waals surface area contributed by atoms with Crippen LogP contribution in [0.3, 0.4) is 0 Å². The molecular formula is C20H16BrNO6S. The highest BCUT2D eigenvalue weighted by Gasteiger charge is 2.35. The Morgan fingerprint density at radius 3 is 2.66 bits per heavy atom. The third kappa shape index (κ3) is 4.80. The lowest BCUT2D eigenvalue weighted by Gasteiger charge is -2.14. The molecule has 1 heterocycles. The van der Waals surface area contributed by atoms with Gasteiger partial charge in [0, 0.05) is 10.0 Å². The molecule has 29 heavy (non-hydrogen) atoms.